The van der Waals surface area contributed by atoms with E-state index in [-0.39, 0.29) is 18.4 Å². The number of benzene rings is 1. The Morgan fingerprint density at radius 3 is 2.81 bits per heavy atom. The number of hydrogen-bond acceptors (Lipinski definition) is 2. The van der Waals surface area contributed by atoms with Crippen molar-refractivity contribution in [1.29, 1.82) is 0 Å². The molecular formula is C16H21BrClNO2. The van der Waals surface area contributed by atoms with Crippen LogP contribution in [0.15, 0.2) is 28.7 Å². The van der Waals surface area contributed by atoms with Gasteiger partial charge in [0.25, 0.3) is 0 Å². The van der Waals surface area contributed by atoms with Crippen molar-refractivity contribution in [2.24, 2.45) is 11.3 Å². The van der Waals surface area contributed by atoms with Crippen molar-refractivity contribution in [2.45, 2.75) is 32.2 Å². The summed E-state index contributed by atoms with van der Waals surface area (Å²) in [4.78, 5) is 14.1. The molecule has 0 amide bonds. The zero-order valence-corrected chi connectivity index (χ0v) is 14.5. The van der Waals surface area contributed by atoms with Gasteiger partial charge in [0.15, 0.2) is 0 Å². The lowest BCUT2D eigenvalue weighted by atomic mass is 9.81. The quantitative estimate of drug-likeness (QED) is 0.865. The number of likely N-dealkylation sites (tertiary alicyclic amines) is 1. The number of carboxylic acids is 1. The SMILES string of the molecule is CC(c1ccccc1Br)N1C[C@@H]2CCC[C@@]2(C(=O)O)C1.Cl. The average Bonchev–Trinajstić information content (AvgIpc) is 2.96. The number of nitrogens with zero attached hydrogens (tertiary/aromatic N) is 1. The fraction of sp³-hybridized carbons (Fsp3) is 0.562. The minimum atomic E-state index is -0.596. The van der Waals surface area contributed by atoms with E-state index in [0.717, 1.165) is 30.3 Å². The van der Waals surface area contributed by atoms with Crippen molar-refractivity contribution in [3.05, 3.63) is 34.3 Å². The number of fused-ring (bicyclic) bond motifs is 1. The Morgan fingerprint density at radius 2 is 2.19 bits per heavy atom. The molecule has 0 bridgehead atoms. The van der Waals surface area contributed by atoms with Crippen LogP contribution in [0, 0.1) is 11.3 Å². The molecular weight excluding hydrogens is 354 g/mol. The molecule has 116 valence electrons. The fourth-order valence-electron chi connectivity index (χ4n) is 3.98. The number of aliphatic carboxylic acids is 1. The van der Waals surface area contributed by atoms with Crippen LogP contribution in [-0.4, -0.2) is 29.1 Å². The molecule has 1 aliphatic carbocycles. The summed E-state index contributed by atoms with van der Waals surface area (Å²) in [5.74, 6) is -0.272. The molecule has 1 aromatic rings. The first-order valence-electron chi connectivity index (χ1n) is 7.26. The molecule has 1 N–H and O–H groups in total. The summed E-state index contributed by atoms with van der Waals surface area (Å²) >= 11 is 3.60. The first-order chi connectivity index (χ1) is 9.54. The van der Waals surface area contributed by atoms with E-state index in [9.17, 15) is 9.90 Å². The first kappa shape index (κ1) is 16.8. The van der Waals surface area contributed by atoms with E-state index in [2.05, 4.69) is 39.9 Å². The van der Waals surface area contributed by atoms with Gasteiger partial charge in [-0.25, -0.2) is 0 Å². The smallest absolute Gasteiger partial charge is 0.311 e. The maximum Gasteiger partial charge on any atom is 0.311 e. The Balaban J connectivity index is 0.00000161. The minimum Gasteiger partial charge on any atom is -0.481 e. The van der Waals surface area contributed by atoms with Crippen molar-refractivity contribution in [3.8, 4) is 0 Å². The van der Waals surface area contributed by atoms with Gasteiger partial charge < -0.3 is 5.11 Å². The fourth-order valence-corrected chi connectivity index (χ4v) is 4.60. The Labute approximate surface area is 140 Å². The van der Waals surface area contributed by atoms with E-state index in [1.807, 2.05) is 12.1 Å². The van der Waals surface area contributed by atoms with Crippen molar-refractivity contribution < 1.29 is 9.90 Å². The third-order valence-electron chi connectivity index (χ3n) is 5.23. The molecule has 1 saturated heterocycles. The summed E-state index contributed by atoms with van der Waals surface area (Å²) in [5.41, 5.74) is 0.753. The number of carboxylic acid groups (broad SMARTS) is 1. The van der Waals surface area contributed by atoms with Gasteiger partial charge in [0.1, 0.15) is 0 Å². The van der Waals surface area contributed by atoms with E-state index in [1.54, 1.807) is 0 Å². The highest BCUT2D eigenvalue weighted by atomic mass is 79.9. The molecule has 0 radical (unpaired) electrons. The minimum absolute atomic E-state index is 0. The molecule has 3 rings (SSSR count). The van der Waals surface area contributed by atoms with Gasteiger partial charge in [-0.15, -0.1) is 12.4 Å². The Hall–Kier alpha value is -0.580. The maximum absolute atomic E-state index is 11.7. The van der Waals surface area contributed by atoms with Gasteiger partial charge in [0, 0.05) is 23.6 Å². The van der Waals surface area contributed by atoms with Crippen LogP contribution in [0.4, 0.5) is 0 Å². The normalized spacial score (nSPS) is 29.7. The summed E-state index contributed by atoms with van der Waals surface area (Å²) in [7, 11) is 0. The Morgan fingerprint density at radius 1 is 1.48 bits per heavy atom. The molecule has 21 heavy (non-hydrogen) atoms. The lowest BCUT2D eigenvalue weighted by molar-refractivity contribution is -0.149. The molecule has 3 nitrogen and oxygen atoms in total. The second-order valence-electron chi connectivity index (χ2n) is 6.18. The van der Waals surface area contributed by atoms with Gasteiger partial charge in [-0.3, -0.25) is 9.69 Å². The summed E-state index contributed by atoms with van der Waals surface area (Å²) in [6.45, 7) is 3.78. The zero-order chi connectivity index (χ0) is 14.3. The van der Waals surface area contributed by atoms with Crippen LogP contribution in [0.2, 0.25) is 0 Å². The highest BCUT2D eigenvalue weighted by molar-refractivity contribution is 9.10. The van der Waals surface area contributed by atoms with E-state index in [0.29, 0.717) is 12.5 Å². The first-order valence-corrected chi connectivity index (χ1v) is 8.06. The molecule has 1 heterocycles. The van der Waals surface area contributed by atoms with E-state index in [4.69, 9.17) is 0 Å². The van der Waals surface area contributed by atoms with Crippen molar-refractivity contribution in [2.75, 3.05) is 13.1 Å². The summed E-state index contributed by atoms with van der Waals surface area (Å²) in [5, 5.41) is 9.66. The molecule has 1 aromatic carbocycles. The zero-order valence-electron chi connectivity index (χ0n) is 12.1. The lowest BCUT2D eigenvalue weighted by Crippen LogP contribution is -2.36. The molecule has 1 aliphatic heterocycles. The summed E-state index contributed by atoms with van der Waals surface area (Å²) < 4.78 is 1.11. The lowest BCUT2D eigenvalue weighted by Gasteiger charge is -2.28. The maximum atomic E-state index is 11.7. The summed E-state index contributed by atoms with van der Waals surface area (Å²) in [6, 6.07) is 8.48. The van der Waals surface area contributed by atoms with Crippen LogP contribution in [0.5, 0.6) is 0 Å². The Kier molecular flexibility index (Phi) is 5.01. The molecule has 1 saturated carbocycles. The second-order valence-corrected chi connectivity index (χ2v) is 7.03. The number of rotatable bonds is 3. The van der Waals surface area contributed by atoms with Gasteiger partial charge in [0.05, 0.1) is 5.41 Å². The van der Waals surface area contributed by atoms with Gasteiger partial charge in [-0.05, 0) is 37.3 Å². The molecule has 5 heteroatoms. The van der Waals surface area contributed by atoms with Crippen LogP contribution in [0.1, 0.15) is 37.8 Å². The van der Waals surface area contributed by atoms with Crippen LogP contribution in [-0.2, 0) is 4.79 Å². The molecule has 2 fully saturated rings. The van der Waals surface area contributed by atoms with Gasteiger partial charge >= 0.3 is 5.97 Å². The number of hydrogen-bond donors (Lipinski definition) is 1. The van der Waals surface area contributed by atoms with Crippen LogP contribution >= 0.6 is 28.3 Å². The summed E-state index contributed by atoms with van der Waals surface area (Å²) in [6.07, 6.45) is 2.96. The Bertz CT molecular complexity index is 539. The van der Waals surface area contributed by atoms with Gasteiger partial charge in [-0.2, -0.15) is 0 Å². The molecule has 0 aromatic heterocycles. The molecule has 0 spiro atoms. The molecule has 1 unspecified atom stereocenters. The van der Waals surface area contributed by atoms with Crippen molar-refractivity contribution in [3.63, 3.8) is 0 Å². The van der Waals surface area contributed by atoms with Gasteiger partial charge in [0.2, 0.25) is 0 Å². The van der Waals surface area contributed by atoms with E-state index in [1.165, 1.54) is 5.56 Å². The molecule has 3 atom stereocenters. The predicted octanol–water partition coefficient (Wildman–Crippen LogP) is 4.12. The third-order valence-corrected chi connectivity index (χ3v) is 5.95. The topological polar surface area (TPSA) is 40.5 Å². The third kappa shape index (κ3) is 2.73. The van der Waals surface area contributed by atoms with Crippen LogP contribution in [0.25, 0.3) is 0 Å². The van der Waals surface area contributed by atoms with Crippen molar-refractivity contribution in [1.82, 2.24) is 4.90 Å². The highest BCUT2D eigenvalue weighted by Gasteiger charge is 2.55. The van der Waals surface area contributed by atoms with Crippen molar-refractivity contribution >= 4 is 34.3 Å². The van der Waals surface area contributed by atoms with Crippen LogP contribution in [0.3, 0.4) is 0 Å². The molecule has 2 aliphatic rings. The standard InChI is InChI=1S/C16H20BrNO2.ClH/c1-11(13-6-2-3-7-14(13)17)18-9-12-5-4-8-16(12,10-18)15(19)20;/h2-3,6-7,11-12H,4-5,8-10H2,1H3,(H,19,20);1H/t11?,12-,16+;/m0./s1. The predicted molar refractivity (Wildman–Crippen MR) is 88.8 cm³/mol. The van der Waals surface area contributed by atoms with Gasteiger partial charge in [-0.1, -0.05) is 40.5 Å². The highest BCUT2D eigenvalue weighted by Crippen LogP contribution is 2.50. The largest absolute Gasteiger partial charge is 0.481 e. The number of carbonyl (C=O) groups is 1. The average molecular weight is 375 g/mol. The number of halogens is 2. The van der Waals surface area contributed by atoms with Crippen LogP contribution < -0.4 is 0 Å². The van der Waals surface area contributed by atoms with E-state index >= 15 is 0 Å². The second kappa shape index (κ2) is 6.27. The van der Waals surface area contributed by atoms with E-state index < -0.39 is 11.4 Å². The monoisotopic (exact) mass is 373 g/mol.